The van der Waals surface area contributed by atoms with Gasteiger partial charge in [-0.05, 0) is 44.6 Å². The number of carbonyl (C=O) groups excluding carboxylic acids is 2. The Morgan fingerprint density at radius 3 is 2.77 bits per heavy atom. The van der Waals surface area contributed by atoms with Gasteiger partial charge in [0.25, 0.3) is 0 Å². The summed E-state index contributed by atoms with van der Waals surface area (Å²) in [7, 11) is 1.53. The van der Waals surface area contributed by atoms with Crippen molar-refractivity contribution in [2.24, 2.45) is 0 Å². The van der Waals surface area contributed by atoms with Gasteiger partial charge in [-0.1, -0.05) is 30.3 Å². The van der Waals surface area contributed by atoms with E-state index in [1.54, 1.807) is 4.90 Å². The first kappa shape index (κ1) is 21.4. The van der Waals surface area contributed by atoms with Crippen LogP contribution in [-0.2, 0) is 27.2 Å². The van der Waals surface area contributed by atoms with E-state index in [0.717, 1.165) is 49.2 Å². The Labute approximate surface area is 183 Å². The molecule has 164 valence electrons. The number of ether oxygens (including phenoxy) is 1. The number of methoxy groups -OCH3 is 1. The van der Waals surface area contributed by atoms with Gasteiger partial charge in [0, 0.05) is 31.5 Å². The fourth-order valence-corrected chi connectivity index (χ4v) is 4.57. The minimum atomic E-state index is -0.165. The molecule has 4 rings (SSSR count). The van der Waals surface area contributed by atoms with Gasteiger partial charge in [-0.3, -0.25) is 14.5 Å². The summed E-state index contributed by atoms with van der Waals surface area (Å²) in [5, 5.41) is 0. The van der Waals surface area contributed by atoms with Crippen LogP contribution in [-0.4, -0.2) is 53.5 Å². The highest BCUT2D eigenvalue weighted by Crippen LogP contribution is 2.34. The first-order chi connectivity index (χ1) is 15.1. The molecule has 2 aliphatic heterocycles. The van der Waals surface area contributed by atoms with Gasteiger partial charge in [-0.2, -0.15) is 0 Å². The van der Waals surface area contributed by atoms with E-state index in [2.05, 4.69) is 12.1 Å². The van der Waals surface area contributed by atoms with Crippen LogP contribution >= 0.6 is 0 Å². The first-order valence-electron chi connectivity index (χ1n) is 11.1. The van der Waals surface area contributed by atoms with Crippen LogP contribution in [0.15, 0.2) is 30.3 Å². The molecular weight excluding hydrogens is 392 g/mol. The SMILES string of the molecule is COCC(=O)N1CCCC[C@@H]1c1nc(C)c2c(n1)N(CCCc1ccccc1)C(=O)C2. The van der Waals surface area contributed by atoms with Gasteiger partial charge < -0.3 is 9.64 Å². The molecule has 2 aliphatic rings. The normalized spacial score (nSPS) is 18.4. The average molecular weight is 423 g/mol. The lowest BCUT2D eigenvalue weighted by Gasteiger charge is -2.35. The summed E-state index contributed by atoms with van der Waals surface area (Å²) in [6, 6.07) is 10.1. The lowest BCUT2D eigenvalue weighted by Crippen LogP contribution is -2.41. The monoisotopic (exact) mass is 422 g/mol. The van der Waals surface area contributed by atoms with Gasteiger partial charge >= 0.3 is 0 Å². The molecule has 1 aromatic heterocycles. The van der Waals surface area contributed by atoms with Gasteiger partial charge in [0.15, 0.2) is 5.82 Å². The molecule has 0 bridgehead atoms. The third-order valence-electron chi connectivity index (χ3n) is 6.17. The minimum Gasteiger partial charge on any atom is -0.375 e. The molecule has 1 saturated heterocycles. The zero-order valence-corrected chi connectivity index (χ0v) is 18.3. The van der Waals surface area contributed by atoms with Crippen LogP contribution in [0.2, 0.25) is 0 Å². The summed E-state index contributed by atoms with van der Waals surface area (Å²) in [4.78, 5) is 38.5. The number of aromatic nitrogens is 2. The maximum absolute atomic E-state index is 12.7. The molecule has 3 heterocycles. The fourth-order valence-electron chi connectivity index (χ4n) is 4.57. The zero-order chi connectivity index (χ0) is 21.8. The number of aryl methyl sites for hydroxylation is 2. The Bertz CT molecular complexity index is 947. The number of piperidine rings is 1. The van der Waals surface area contributed by atoms with Crippen LogP contribution in [0.3, 0.4) is 0 Å². The van der Waals surface area contributed by atoms with Crippen molar-refractivity contribution in [2.75, 3.05) is 31.7 Å². The van der Waals surface area contributed by atoms with Crippen molar-refractivity contribution < 1.29 is 14.3 Å². The van der Waals surface area contributed by atoms with Crippen molar-refractivity contribution in [3.8, 4) is 0 Å². The molecule has 0 radical (unpaired) electrons. The van der Waals surface area contributed by atoms with Crippen LogP contribution in [0.1, 0.15) is 54.4 Å². The topological polar surface area (TPSA) is 75.6 Å². The van der Waals surface area contributed by atoms with E-state index >= 15 is 0 Å². The Balaban J connectivity index is 1.55. The van der Waals surface area contributed by atoms with E-state index in [1.807, 2.05) is 30.0 Å². The maximum Gasteiger partial charge on any atom is 0.249 e. The first-order valence-corrected chi connectivity index (χ1v) is 11.1. The zero-order valence-electron chi connectivity index (χ0n) is 18.3. The number of anilines is 1. The number of rotatable bonds is 7. The van der Waals surface area contributed by atoms with Crippen LogP contribution in [0.4, 0.5) is 5.82 Å². The van der Waals surface area contributed by atoms with Crippen molar-refractivity contribution in [3.05, 3.63) is 53.0 Å². The van der Waals surface area contributed by atoms with Gasteiger partial charge in [0.05, 0.1) is 12.5 Å². The van der Waals surface area contributed by atoms with E-state index in [4.69, 9.17) is 14.7 Å². The average Bonchev–Trinajstić information content (AvgIpc) is 3.10. The van der Waals surface area contributed by atoms with Gasteiger partial charge in [-0.15, -0.1) is 0 Å². The second-order valence-corrected chi connectivity index (χ2v) is 8.31. The minimum absolute atomic E-state index is 0.0373. The number of likely N-dealkylation sites (tertiary alicyclic amines) is 1. The molecular formula is C24H30N4O3. The highest BCUT2D eigenvalue weighted by Gasteiger charge is 2.35. The van der Waals surface area contributed by atoms with Crippen molar-refractivity contribution in [1.82, 2.24) is 14.9 Å². The molecule has 1 aromatic carbocycles. The summed E-state index contributed by atoms with van der Waals surface area (Å²) in [5.74, 6) is 1.41. The molecule has 7 nitrogen and oxygen atoms in total. The maximum atomic E-state index is 12.7. The van der Waals surface area contributed by atoms with Crippen LogP contribution in [0.5, 0.6) is 0 Å². The highest BCUT2D eigenvalue weighted by molar-refractivity contribution is 6.00. The second-order valence-electron chi connectivity index (χ2n) is 8.31. The predicted molar refractivity (Wildman–Crippen MR) is 118 cm³/mol. The van der Waals surface area contributed by atoms with Crippen molar-refractivity contribution >= 4 is 17.6 Å². The number of amides is 2. The largest absolute Gasteiger partial charge is 0.375 e. The fraction of sp³-hybridized carbons (Fsp3) is 0.500. The Kier molecular flexibility index (Phi) is 6.61. The van der Waals surface area contributed by atoms with E-state index in [-0.39, 0.29) is 24.5 Å². The number of hydrogen-bond acceptors (Lipinski definition) is 5. The summed E-state index contributed by atoms with van der Waals surface area (Å²) in [6.45, 7) is 3.32. The Morgan fingerprint density at radius 1 is 1.19 bits per heavy atom. The van der Waals surface area contributed by atoms with Crippen molar-refractivity contribution in [3.63, 3.8) is 0 Å². The second kappa shape index (κ2) is 9.56. The molecule has 0 saturated carbocycles. The number of nitrogens with zero attached hydrogens (tertiary/aromatic N) is 4. The molecule has 2 aromatic rings. The van der Waals surface area contributed by atoms with E-state index in [9.17, 15) is 9.59 Å². The van der Waals surface area contributed by atoms with Crippen LogP contribution in [0.25, 0.3) is 0 Å². The van der Waals surface area contributed by atoms with Gasteiger partial charge in [0.1, 0.15) is 12.4 Å². The molecule has 2 amide bonds. The summed E-state index contributed by atoms with van der Waals surface area (Å²) in [5.41, 5.74) is 3.02. The van der Waals surface area contributed by atoms with Gasteiger partial charge in [0.2, 0.25) is 11.8 Å². The number of carbonyl (C=O) groups is 2. The third kappa shape index (κ3) is 4.61. The van der Waals surface area contributed by atoms with Gasteiger partial charge in [-0.25, -0.2) is 9.97 Å². The molecule has 0 spiro atoms. The summed E-state index contributed by atoms with van der Waals surface area (Å²) < 4.78 is 5.07. The third-order valence-corrected chi connectivity index (χ3v) is 6.17. The smallest absolute Gasteiger partial charge is 0.249 e. The molecule has 7 heteroatoms. The standard InChI is InChI=1S/C24H30N4O3/c1-17-19-15-21(29)28(14-8-11-18-9-4-3-5-10-18)24(19)26-23(25-17)20-12-6-7-13-27(20)22(30)16-31-2/h3-5,9-10,20H,6-8,11-16H2,1-2H3/t20-/m1/s1. The summed E-state index contributed by atoms with van der Waals surface area (Å²) >= 11 is 0. The predicted octanol–water partition coefficient (Wildman–Crippen LogP) is 3.01. The molecule has 1 atom stereocenters. The molecule has 1 fully saturated rings. The van der Waals surface area contributed by atoms with Crippen molar-refractivity contribution in [2.45, 2.75) is 51.5 Å². The van der Waals surface area contributed by atoms with E-state index in [1.165, 1.54) is 12.7 Å². The number of benzene rings is 1. The van der Waals surface area contributed by atoms with E-state index < -0.39 is 0 Å². The Hall–Kier alpha value is -2.80. The molecule has 0 unspecified atom stereocenters. The van der Waals surface area contributed by atoms with Crippen molar-refractivity contribution in [1.29, 1.82) is 0 Å². The highest BCUT2D eigenvalue weighted by atomic mass is 16.5. The molecule has 31 heavy (non-hydrogen) atoms. The number of fused-ring (bicyclic) bond motifs is 1. The quantitative estimate of drug-likeness (QED) is 0.686. The number of hydrogen-bond donors (Lipinski definition) is 0. The molecule has 0 N–H and O–H groups in total. The lowest BCUT2D eigenvalue weighted by molar-refractivity contribution is -0.139. The van der Waals surface area contributed by atoms with E-state index in [0.29, 0.717) is 25.3 Å². The van der Waals surface area contributed by atoms with Crippen LogP contribution < -0.4 is 4.90 Å². The molecule has 0 aliphatic carbocycles. The van der Waals surface area contributed by atoms with Crippen LogP contribution in [0, 0.1) is 6.92 Å². The Morgan fingerprint density at radius 2 is 2.00 bits per heavy atom. The lowest BCUT2D eigenvalue weighted by atomic mass is 10.0. The summed E-state index contributed by atoms with van der Waals surface area (Å²) in [6.07, 6.45) is 4.97.